The number of aliphatic carboxylic acids is 2. The standard InChI is InChI=1S/C98H172N4O44/c1-6-8-10-12-14-16-18-20-21-22-23-24-25-26-27-28-29-31-33-35-37-39-41-43-68(117)102-57(58(113)42-40-38-36-34-32-30-19-17-15-13-11-9-7-2)53-133-91-80(126)78(124)83(66(51-108)137-91)139-94-82(128)89(146-98(96(131)132)45-60(115)70(100-55(4)111)87(145-98)76(122)65(50-107)143-97(95(129)130)44-59(114)69(99-54(3)110)86(144-97)72(118)61(116)46-103)84(67(52-109)138-94)140-90-71(101-56(5)112)85(74(120)63(48-105)134-90)141-93-81(127)88(75(121)64(49-106)136-93)142-92-79(125)77(123)73(119)62(47-104)135-92/h20-21,40,42,57-67,69-94,103-109,113-116,118-128H,6-19,22-39,41,43-53H2,1-5H3,(H,99,110)(H,100,111)(H,101,112)(H,102,117)(H,129,130)(H,131,132)/b21-20-,42-40+/t57-,58+,59?,60?,61+,62?,63?,64?,65+,66?,67?,69+,70+,71?,72+,73-,74-,75-,76+,77-,78+,79?,80?,81?,82?,83+,84-,85+,86?,87?,88-,89+,90-,91+,92+,93-,94-,97+,98-/m0/s1. The molecule has 0 radical (unpaired) electrons. The number of allylic oxidation sites excluding steroid dienone is 3. The van der Waals surface area contributed by atoms with Gasteiger partial charge in [-0.25, -0.2) is 9.59 Å². The number of hydrogen-bond acceptors (Lipinski definition) is 42. The monoisotopic (exact) mass is 2110 g/mol. The van der Waals surface area contributed by atoms with Gasteiger partial charge in [0.1, 0.15) is 159 Å². The molecule has 39 atom stereocenters. The van der Waals surface area contributed by atoms with Crippen molar-refractivity contribution in [3.63, 3.8) is 0 Å². The van der Waals surface area contributed by atoms with Crippen molar-refractivity contribution < 1.29 is 218 Å². The molecule has 0 bridgehead atoms. The lowest BCUT2D eigenvalue weighted by Gasteiger charge is -2.53. The van der Waals surface area contributed by atoms with Crippen LogP contribution in [0.2, 0.25) is 0 Å². The van der Waals surface area contributed by atoms with Crippen molar-refractivity contribution in [1.29, 1.82) is 0 Å². The van der Waals surface area contributed by atoms with E-state index in [4.69, 9.17) is 66.3 Å². The van der Waals surface area contributed by atoms with E-state index in [0.717, 1.165) is 104 Å². The van der Waals surface area contributed by atoms with E-state index in [9.17, 15) is 151 Å². The SMILES string of the molecule is CCCCCCCC/C=C\CCCCCCCCCCCCCCCC(=O)N[C@@H](CO[C@@H]1OC(CO)[C@@H](O[C@@H]2OC(CO)[C@H](O[C@@H]3OC(CO)[C@H](O)[C@H](O[C@@H]4OC(CO)[C@H](O)[C@H](O[C@H]5OC(CO)[C@H](O)[C@H](O)C5O)C4O)C3NC(C)=O)[C@H](O[C@]3(C(=O)O)CC(O)[C@@H](NC(C)=O)C([C@H](O)[C@@H](CO)O[C@]4(C(=O)O)CC(O)[C@@H](NC(C)=O)C([C@H](O)[C@H](O)CO)O4)O3)C2O)[C@H](O)C1O)[C@H](O)/C=C/CCCCCCCCCCCCC. The van der Waals surface area contributed by atoms with Crippen LogP contribution in [0.3, 0.4) is 0 Å². The van der Waals surface area contributed by atoms with Crippen LogP contribution in [0.15, 0.2) is 24.3 Å². The summed E-state index contributed by atoms with van der Waals surface area (Å²) in [5.74, 6) is -15.3. The third kappa shape index (κ3) is 37.9. The van der Waals surface area contributed by atoms with Gasteiger partial charge in [0, 0.05) is 40.0 Å². The second kappa shape index (κ2) is 66.2. The van der Waals surface area contributed by atoms with E-state index < -0.39 is 339 Å². The number of carboxylic acid groups (broad SMARTS) is 2. The van der Waals surface area contributed by atoms with Crippen LogP contribution in [-0.2, 0) is 95.1 Å². The maximum absolute atomic E-state index is 14.6. The largest absolute Gasteiger partial charge is 0.477 e. The smallest absolute Gasteiger partial charge is 0.364 e. The van der Waals surface area contributed by atoms with Crippen molar-refractivity contribution >= 4 is 35.6 Å². The molecule has 7 heterocycles. The Morgan fingerprint density at radius 3 is 1.21 bits per heavy atom. The van der Waals surface area contributed by atoms with Crippen LogP contribution < -0.4 is 21.3 Å². The van der Waals surface area contributed by atoms with Crippen molar-refractivity contribution in [1.82, 2.24) is 21.3 Å². The lowest BCUT2D eigenvalue weighted by atomic mass is 9.87. The van der Waals surface area contributed by atoms with Gasteiger partial charge in [-0.15, -0.1) is 0 Å². The van der Waals surface area contributed by atoms with Gasteiger partial charge in [-0.1, -0.05) is 205 Å². The first kappa shape index (κ1) is 128. The molecule has 14 unspecified atom stereocenters. The highest BCUT2D eigenvalue weighted by atomic mass is 16.8. The molecule has 48 heteroatoms. The third-order valence-electron chi connectivity index (χ3n) is 27.9. The number of hydrogen-bond donors (Lipinski definition) is 28. The maximum atomic E-state index is 14.6. The Morgan fingerprint density at radius 1 is 0.370 bits per heavy atom. The third-order valence-corrected chi connectivity index (χ3v) is 27.9. The van der Waals surface area contributed by atoms with E-state index in [1.54, 1.807) is 6.08 Å². The lowest BCUT2D eigenvalue weighted by molar-refractivity contribution is -0.405. The van der Waals surface area contributed by atoms with Crippen molar-refractivity contribution in [2.45, 2.75) is 504 Å². The van der Waals surface area contributed by atoms with E-state index in [2.05, 4.69) is 47.3 Å². The van der Waals surface area contributed by atoms with Gasteiger partial charge in [-0.3, -0.25) is 19.2 Å². The fraction of sp³-hybridized carbons (Fsp3) is 0.898. The number of amides is 4. The van der Waals surface area contributed by atoms with Gasteiger partial charge in [0.05, 0.1) is 89.3 Å². The summed E-state index contributed by atoms with van der Waals surface area (Å²) < 4.78 is 84.3. The second-order valence-corrected chi connectivity index (χ2v) is 39.5. The quantitative estimate of drug-likeness (QED) is 0.0211. The van der Waals surface area contributed by atoms with Gasteiger partial charge in [0.15, 0.2) is 31.5 Å². The van der Waals surface area contributed by atoms with Gasteiger partial charge < -0.3 is 210 Å². The summed E-state index contributed by atoms with van der Waals surface area (Å²) >= 11 is 0. The number of carbonyl (C=O) groups is 6. The molecule has 0 aromatic carbocycles. The molecule has 7 rings (SSSR count). The second-order valence-electron chi connectivity index (χ2n) is 39.5. The fourth-order valence-corrected chi connectivity index (χ4v) is 19.5. The molecule has 7 saturated heterocycles. The molecule has 848 valence electrons. The van der Waals surface area contributed by atoms with Gasteiger partial charge in [-0.2, -0.15) is 0 Å². The first-order valence-electron chi connectivity index (χ1n) is 52.4. The predicted molar refractivity (Wildman–Crippen MR) is 509 cm³/mol. The molecule has 48 nitrogen and oxygen atoms in total. The van der Waals surface area contributed by atoms with Gasteiger partial charge in [0.2, 0.25) is 23.6 Å². The van der Waals surface area contributed by atoms with Crippen LogP contribution in [0.4, 0.5) is 0 Å². The summed E-state index contributed by atoms with van der Waals surface area (Å²) in [7, 11) is 0. The van der Waals surface area contributed by atoms with E-state index in [1.165, 1.54) is 122 Å². The Labute approximate surface area is 852 Å². The van der Waals surface area contributed by atoms with Crippen molar-refractivity contribution in [3.05, 3.63) is 24.3 Å². The minimum Gasteiger partial charge on any atom is -0.477 e. The van der Waals surface area contributed by atoms with Crippen LogP contribution in [0.25, 0.3) is 0 Å². The molecule has 0 aromatic heterocycles. The van der Waals surface area contributed by atoms with Crippen LogP contribution >= 0.6 is 0 Å². The summed E-state index contributed by atoms with van der Waals surface area (Å²) in [6.45, 7) is -2.43. The normalized spacial score (nSPS) is 35.3. The molecule has 7 aliphatic rings. The zero-order chi connectivity index (χ0) is 107. The van der Waals surface area contributed by atoms with Crippen molar-refractivity contribution in [3.8, 4) is 0 Å². The van der Waals surface area contributed by atoms with Crippen LogP contribution in [0, 0.1) is 0 Å². The van der Waals surface area contributed by atoms with E-state index in [-0.39, 0.29) is 6.42 Å². The Hall–Kier alpha value is -5.14. The molecule has 0 saturated carbocycles. The highest BCUT2D eigenvalue weighted by Crippen LogP contribution is 2.44. The Bertz CT molecular complexity index is 3740. The summed E-state index contributed by atoms with van der Waals surface area (Å²) in [5.41, 5.74) is 0. The molecular weight excluding hydrogens is 1940 g/mol. The molecule has 4 amide bonds. The number of aliphatic hydroxyl groups is 22. The Morgan fingerprint density at radius 2 is 0.740 bits per heavy atom. The average Bonchev–Trinajstić information content (AvgIpc) is 0.731. The maximum Gasteiger partial charge on any atom is 0.364 e. The molecule has 0 aromatic rings. The molecule has 146 heavy (non-hydrogen) atoms. The number of ether oxygens (including phenoxy) is 14. The number of carboxylic acids is 2. The molecule has 7 fully saturated rings. The molecule has 7 aliphatic heterocycles. The Kier molecular flexibility index (Phi) is 57.9. The number of aliphatic hydroxyl groups excluding tert-OH is 22. The molecule has 0 spiro atoms. The van der Waals surface area contributed by atoms with Crippen LogP contribution in [0.1, 0.15) is 266 Å². The molecular formula is C98H172N4O44. The number of nitrogens with one attached hydrogen (secondary N) is 4. The fourth-order valence-electron chi connectivity index (χ4n) is 19.5. The minimum atomic E-state index is -3.76. The molecule has 0 aliphatic carbocycles. The van der Waals surface area contributed by atoms with Gasteiger partial charge in [-0.05, 0) is 44.9 Å². The summed E-state index contributed by atoms with van der Waals surface area (Å²) in [5, 5.41) is 283. The first-order valence-corrected chi connectivity index (χ1v) is 52.4. The van der Waals surface area contributed by atoms with Crippen molar-refractivity contribution in [2.24, 2.45) is 0 Å². The Balaban J connectivity index is 1.17. The van der Waals surface area contributed by atoms with E-state index in [0.29, 0.717) is 12.8 Å². The average molecular weight is 2110 g/mol. The van der Waals surface area contributed by atoms with Crippen molar-refractivity contribution in [2.75, 3.05) is 52.9 Å². The number of carbonyl (C=O) groups excluding carboxylic acids is 4. The lowest BCUT2D eigenvalue weighted by Crippen LogP contribution is -2.73. The zero-order valence-corrected chi connectivity index (χ0v) is 84.7. The minimum absolute atomic E-state index is 0.0628. The summed E-state index contributed by atoms with van der Waals surface area (Å²) in [6.07, 6.45) is -32.6. The highest BCUT2D eigenvalue weighted by molar-refractivity contribution is 5.78. The topological polar surface area (TPSA) is 765 Å². The summed E-state index contributed by atoms with van der Waals surface area (Å²) in [4.78, 5) is 81.3. The predicted octanol–water partition coefficient (Wildman–Crippen LogP) is -3.15. The van der Waals surface area contributed by atoms with E-state index >= 15 is 0 Å². The zero-order valence-electron chi connectivity index (χ0n) is 84.7. The van der Waals surface area contributed by atoms with Crippen LogP contribution in [0.5, 0.6) is 0 Å². The van der Waals surface area contributed by atoms with Gasteiger partial charge in [0.25, 0.3) is 11.6 Å². The number of rotatable bonds is 69. The number of unbranched alkanes of at least 4 members (excludes halogenated alkanes) is 30. The van der Waals surface area contributed by atoms with E-state index in [1.807, 2.05) is 0 Å². The highest BCUT2D eigenvalue weighted by Gasteiger charge is 2.65. The van der Waals surface area contributed by atoms with Gasteiger partial charge >= 0.3 is 11.9 Å². The van der Waals surface area contributed by atoms with Crippen LogP contribution in [-0.4, -0.2) is 449 Å². The summed E-state index contributed by atoms with van der Waals surface area (Å²) in [6, 6.07) is -7.38. The first-order chi connectivity index (χ1) is 69.8. The molecule has 28 N–H and O–H groups in total.